The molecule has 3 rings (SSSR count). The minimum absolute atomic E-state index is 0.251. The topological polar surface area (TPSA) is 66.0 Å². The molecule has 0 bridgehead atoms. The van der Waals surface area contributed by atoms with Crippen LogP contribution in [0.5, 0.6) is 5.75 Å². The number of carbonyl (C=O) groups is 1. The highest BCUT2D eigenvalue weighted by Gasteiger charge is 2.20. The van der Waals surface area contributed by atoms with Crippen LogP contribution < -0.4 is 15.4 Å². The summed E-state index contributed by atoms with van der Waals surface area (Å²) in [6.45, 7) is 8.16. The van der Waals surface area contributed by atoms with Gasteiger partial charge in [0.15, 0.2) is 5.96 Å². The zero-order valence-electron chi connectivity index (χ0n) is 18.0. The number of nitrogens with zero attached hydrogens (tertiary/aromatic N) is 2. The lowest BCUT2D eigenvalue weighted by Crippen LogP contribution is -2.37. The smallest absolute Gasteiger partial charge is 0.222 e. The third-order valence-electron chi connectivity index (χ3n) is 5.12. The average Bonchev–Trinajstić information content (AvgIpc) is 3.16. The standard InChI is InChI=1S/C24H32N4O2/c1-3-25-24(27-17-20-11-7-8-13-22(20)30-4-2)26-16-19-10-5-6-12-21(19)18-28-15-9-14-23(28)29/h5-8,10-13H,3-4,9,14-18H2,1-2H3,(H2,25,26,27). The number of amides is 1. The highest BCUT2D eigenvalue weighted by Crippen LogP contribution is 2.19. The van der Waals surface area contributed by atoms with Gasteiger partial charge in [0, 0.05) is 38.2 Å². The Bertz CT molecular complexity index is 866. The lowest BCUT2D eigenvalue weighted by Gasteiger charge is -2.19. The summed E-state index contributed by atoms with van der Waals surface area (Å²) in [6.07, 6.45) is 1.63. The summed E-state index contributed by atoms with van der Waals surface area (Å²) in [5.41, 5.74) is 3.42. The van der Waals surface area contributed by atoms with Crippen LogP contribution in [-0.2, 0) is 24.4 Å². The number of aliphatic imine (C=N–C) groups is 1. The Kier molecular flexibility index (Phi) is 8.12. The lowest BCUT2D eigenvalue weighted by molar-refractivity contribution is -0.128. The molecule has 0 spiro atoms. The number of para-hydroxylation sites is 1. The van der Waals surface area contributed by atoms with E-state index in [1.807, 2.05) is 48.2 Å². The molecule has 1 amide bonds. The molecule has 0 atom stereocenters. The van der Waals surface area contributed by atoms with Crippen molar-refractivity contribution >= 4 is 11.9 Å². The van der Waals surface area contributed by atoms with E-state index in [1.165, 1.54) is 11.1 Å². The Morgan fingerprint density at radius 1 is 1.03 bits per heavy atom. The van der Waals surface area contributed by atoms with Gasteiger partial charge in [0.25, 0.3) is 0 Å². The molecule has 1 saturated heterocycles. The molecule has 1 heterocycles. The van der Waals surface area contributed by atoms with E-state index in [2.05, 4.69) is 29.7 Å². The van der Waals surface area contributed by atoms with Crippen molar-refractivity contribution in [1.82, 2.24) is 15.5 Å². The van der Waals surface area contributed by atoms with Crippen molar-refractivity contribution in [2.75, 3.05) is 19.7 Å². The van der Waals surface area contributed by atoms with Gasteiger partial charge in [-0.1, -0.05) is 42.5 Å². The molecule has 0 unspecified atom stereocenters. The predicted octanol–water partition coefficient (Wildman–Crippen LogP) is 3.46. The molecular formula is C24H32N4O2. The second-order valence-corrected chi connectivity index (χ2v) is 7.28. The number of nitrogens with one attached hydrogen (secondary N) is 2. The molecular weight excluding hydrogens is 376 g/mol. The second kappa shape index (κ2) is 11.2. The molecule has 6 heteroatoms. The van der Waals surface area contributed by atoms with Crippen LogP contribution in [0.4, 0.5) is 0 Å². The van der Waals surface area contributed by atoms with E-state index < -0.39 is 0 Å². The first-order chi connectivity index (χ1) is 14.7. The van der Waals surface area contributed by atoms with Gasteiger partial charge in [-0.15, -0.1) is 0 Å². The highest BCUT2D eigenvalue weighted by atomic mass is 16.5. The molecule has 0 saturated carbocycles. The SMILES string of the molecule is CCNC(=NCc1ccccc1OCC)NCc1ccccc1CN1CCCC1=O. The number of carbonyl (C=O) groups excluding carboxylic acids is 1. The molecule has 0 radical (unpaired) electrons. The van der Waals surface area contributed by atoms with Crippen molar-refractivity contribution in [3.8, 4) is 5.75 Å². The van der Waals surface area contributed by atoms with Crippen molar-refractivity contribution < 1.29 is 9.53 Å². The highest BCUT2D eigenvalue weighted by molar-refractivity contribution is 5.80. The Morgan fingerprint density at radius 2 is 1.77 bits per heavy atom. The van der Waals surface area contributed by atoms with E-state index in [0.29, 0.717) is 32.7 Å². The van der Waals surface area contributed by atoms with Crippen molar-refractivity contribution in [3.63, 3.8) is 0 Å². The molecule has 0 aromatic heterocycles. The van der Waals surface area contributed by atoms with Gasteiger partial charge in [0.05, 0.1) is 13.2 Å². The van der Waals surface area contributed by atoms with Crippen LogP contribution in [0.2, 0.25) is 0 Å². The Labute approximate surface area is 179 Å². The first-order valence-electron chi connectivity index (χ1n) is 10.8. The quantitative estimate of drug-likeness (QED) is 0.493. The minimum atomic E-state index is 0.251. The van der Waals surface area contributed by atoms with Gasteiger partial charge < -0.3 is 20.3 Å². The largest absolute Gasteiger partial charge is 0.494 e. The van der Waals surface area contributed by atoms with Crippen molar-refractivity contribution in [3.05, 3.63) is 65.2 Å². The van der Waals surface area contributed by atoms with E-state index in [4.69, 9.17) is 9.73 Å². The fraction of sp³-hybridized carbons (Fsp3) is 0.417. The van der Waals surface area contributed by atoms with Gasteiger partial charge in [0.2, 0.25) is 5.91 Å². The average molecular weight is 409 g/mol. The summed E-state index contributed by atoms with van der Waals surface area (Å²) in [4.78, 5) is 18.7. The van der Waals surface area contributed by atoms with E-state index in [9.17, 15) is 4.79 Å². The molecule has 6 nitrogen and oxygen atoms in total. The Balaban J connectivity index is 1.66. The Hall–Kier alpha value is -3.02. The molecule has 2 aromatic rings. The van der Waals surface area contributed by atoms with E-state index in [1.54, 1.807) is 0 Å². The first-order valence-corrected chi connectivity index (χ1v) is 10.8. The number of guanidine groups is 1. The first kappa shape index (κ1) is 21.7. The van der Waals surface area contributed by atoms with Crippen LogP contribution in [0.15, 0.2) is 53.5 Å². The fourth-order valence-electron chi connectivity index (χ4n) is 3.58. The summed E-state index contributed by atoms with van der Waals surface area (Å²) in [5.74, 6) is 1.89. The molecule has 1 fully saturated rings. The van der Waals surface area contributed by atoms with Gasteiger partial charge in [-0.3, -0.25) is 4.79 Å². The molecule has 160 valence electrons. The maximum Gasteiger partial charge on any atom is 0.222 e. The van der Waals surface area contributed by atoms with Crippen LogP contribution in [0.3, 0.4) is 0 Å². The van der Waals surface area contributed by atoms with Gasteiger partial charge in [-0.05, 0) is 37.5 Å². The van der Waals surface area contributed by atoms with E-state index in [0.717, 1.165) is 36.8 Å². The summed E-state index contributed by atoms with van der Waals surface area (Å²) in [7, 11) is 0. The summed E-state index contributed by atoms with van der Waals surface area (Å²) in [5, 5.41) is 6.74. The third-order valence-corrected chi connectivity index (χ3v) is 5.12. The summed E-state index contributed by atoms with van der Waals surface area (Å²) < 4.78 is 5.70. The molecule has 2 N–H and O–H groups in total. The summed E-state index contributed by atoms with van der Waals surface area (Å²) in [6, 6.07) is 16.3. The lowest BCUT2D eigenvalue weighted by atomic mass is 10.1. The zero-order valence-corrected chi connectivity index (χ0v) is 18.0. The number of benzene rings is 2. The maximum absolute atomic E-state index is 12.0. The van der Waals surface area contributed by atoms with Crippen LogP contribution in [0.1, 0.15) is 43.4 Å². The monoisotopic (exact) mass is 408 g/mol. The van der Waals surface area contributed by atoms with Gasteiger partial charge in [-0.2, -0.15) is 0 Å². The zero-order chi connectivity index (χ0) is 21.2. The molecule has 30 heavy (non-hydrogen) atoms. The predicted molar refractivity (Wildman–Crippen MR) is 120 cm³/mol. The second-order valence-electron chi connectivity index (χ2n) is 7.28. The number of likely N-dealkylation sites (tertiary alicyclic amines) is 1. The Morgan fingerprint density at radius 3 is 2.47 bits per heavy atom. The third kappa shape index (κ3) is 5.99. The van der Waals surface area contributed by atoms with E-state index in [-0.39, 0.29) is 5.91 Å². The summed E-state index contributed by atoms with van der Waals surface area (Å²) >= 11 is 0. The van der Waals surface area contributed by atoms with Crippen molar-refractivity contribution in [2.45, 2.75) is 46.3 Å². The fourth-order valence-corrected chi connectivity index (χ4v) is 3.58. The number of ether oxygens (including phenoxy) is 1. The van der Waals surface area contributed by atoms with Gasteiger partial charge in [-0.25, -0.2) is 4.99 Å². The van der Waals surface area contributed by atoms with Gasteiger partial charge in [0.1, 0.15) is 5.75 Å². The van der Waals surface area contributed by atoms with Crippen LogP contribution in [-0.4, -0.2) is 36.5 Å². The molecule has 1 aliphatic heterocycles. The number of hydrogen-bond donors (Lipinski definition) is 2. The molecule has 0 aliphatic carbocycles. The minimum Gasteiger partial charge on any atom is -0.494 e. The van der Waals surface area contributed by atoms with Crippen molar-refractivity contribution in [2.24, 2.45) is 4.99 Å². The molecule has 1 aliphatic rings. The number of hydrogen-bond acceptors (Lipinski definition) is 3. The van der Waals surface area contributed by atoms with Crippen LogP contribution in [0, 0.1) is 0 Å². The van der Waals surface area contributed by atoms with Gasteiger partial charge >= 0.3 is 0 Å². The maximum atomic E-state index is 12.0. The van der Waals surface area contributed by atoms with Crippen LogP contribution >= 0.6 is 0 Å². The van der Waals surface area contributed by atoms with Crippen LogP contribution in [0.25, 0.3) is 0 Å². The normalized spacial score (nSPS) is 14.1. The van der Waals surface area contributed by atoms with E-state index >= 15 is 0 Å². The number of rotatable bonds is 9. The van der Waals surface area contributed by atoms with Crippen molar-refractivity contribution in [1.29, 1.82) is 0 Å². The molecule has 2 aromatic carbocycles.